The highest BCUT2D eigenvalue weighted by Gasteiger charge is 2.46. The predicted molar refractivity (Wildman–Crippen MR) is 176 cm³/mol. The fourth-order valence-electron chi connectivity index (χ4n) is 7.25. The number of ether oxygens (including phenoxy) is 1. The van der Waals surface area contributed by atoms with Gasteiger partial charge in [0.15, 0.2) is 5.83 Å². The van der Waals surface area contributed by atoms with Crippen molar-refractivity contribution in [1.82, 2.24) is 19.8 Å². The number of carbonyl (C=O) groups is 1. The van der Waals surface area contributed by atoms with Crippen molar-refractivity contribution in [3.63, 3.8) is 0 Å². The highest BCUT2D eigenvalue weighted by Crippen LogP contribution is 2.44. The second-order valence-electron chi connectivity index (χ2n) is 12.9. The van der Waals surface area contributed by atoms with Crippen molar-refractivity contribution in [3.05, 3.63) is 76.5 Å². The lowest BCUT2D eigenvalue weighted by Gasteiger charge is -2.45. The van der Waals surface area contributed by atoms with Gasteiger partial charge in [-0.05, 0) is 50.9 Å². The first-order valence-electron chi connectivity index (χ1n) is 15.5. The number of hydrogen-bond donors (Lipinski definition) is 0. The van der Waals surface area contributed by atoms with Crippen molar-refractivity contribution in [2.45, 2.75) is 38.0 Å². The SMILES string of the molecule is [C-]#[N+]C[C@H]1CN(c2nc(OCC3(CN(C)C)CC(F)C3)nc3c2CCN(c2cccc4cccc(Cl)c24)C3)CCN1C(=O)C(=C)F. The third kappa shape index (κ3) is 6.33. The Hall–Kier alpha value is -4.01. The average Bonchev–Trinajstić information content (AvgIpc) is 3.01. The zero-order valence-electron chi connectivity index (χ0n) is 26.2. The Morgan fingerprint density at radius 2 is 1.93 bits per heavy atom. The summed E-state index contributed by atoms with van der Waals surface area (Å²) < 4.78 is 34.3. The zero-order valence-corrected chi connectivity index (χ0v) is 26.9. The first kappa shape index (κ1) is 32.0. The highest BCUT2D eigenvalue weighted by molar-refractivity contribution is 6.36. The largest absolute Gasteiger partial charge is 0.463 e. The van der Waals surface area contributed by atoms with Crippen molar-refractivity contribution in [2.24, 2.45) is 5.41 Å². The molecule has 242 valence electrons. The van der Waals surface area contributed by atoms with E-state index in [0.29, 0.717) is 62.8 Å². The summed E-state index contributed by atoms with van der Waals surface area (Å²) in [6.07, 6.45) is 0.649. The van der Waals surface area contributed by atoms with E-state index in [1.165, 1.54) is 4.90 Å². The zero-order chi connectivity index (χ0) is 32.6. The van der Waals surface area contributed by atoms with E-state index >= 15 is 0 Å². The van der Waals surface area contributed by atoms with Gasteiger partial charge in [-0.2, -0.15) is 9.97 Å². The molecular formula is C34H38ClF2N7O2. The van der Waals surface area contributed by atoms with Crippen LogP contribution in [0.1, 0.15) is 24.1 Å². The van der Waals surface area contributed by atoms with Crippen LogP contribution >= 0.6 is 11.6 Å². The normalized spacial score (nSPS) is 22.8. The van der Waals surface area contributed by atoms with Crippen LogP contribution in [0.5, 0.6) is 6.01 Å². The summed E-state index contributed by atoms with van der Waals surface area (Å²) in [5.41, 5.74) is 2.48. The number of halogens is 3. The molecule has 0 spiro atoms. The van der Waals surface area contributed by atoms with Crippen molar-refractivity contribution in [1.29, 1.82) is 0 Å². The maximum Gasteiger partial charge on any atom is 0.318 e. The second kappa shape index (κ2) is 13.0. The minimum Gasteiger partial charge on any atom is -0.463 e. The summed E-state index contributed by atoms with van der Waals surface area (Å²) in [6, 6.07) is 11.7. The number of carbonyl (C=O) groups excluding carboxylic acids is 1. The van der Waals surface area contributed by atoms with E-state index < -0.39 is 23.9 Å². The van der Waals surface area contributed by atoms with Crippen LogP contribution < -0.4 is 14.5 Å². The minimum absolute atomic E-state index is 0.0270. The fraction of sp³-hybridized carbons (Fsp3) is 0.471. The summed E-state index contributed by atoms with van der Waals surface area (Å²) in [5, 5.41) is 2.71. The van der Waals surface area contributed by atoms with Crippen LogP contribution in [0.4, 0.5) is 20.3 Å². The first-order valence-corrected chi connectivity index (χ1v) is 15.9. The molecule has 2 aliphatic heterocycles. The van der Waals surface area contributed by atoms with E-state index in [9.17, 15) is 13.6 Å². The van der Waals surface area contributed by atoms with E-state index in [2.05, 4.69) is 27.3 Å². The van der Waals surface area contributed by atoms with Gasteiger partial charge in [0.2, 0.25) is 6.54 Å². The molecular weight excluding hydrogens is 612 g/mol. The Balaban J connectivity index is 1.34. The summed E-state index contributed by atoms with van der Waals surface area (Å²) >= 11 is 6.69. The number of hydrogen-bond acceptors (Lipinski definition) is 7. The summed E-state index contributed by atoms with van der Waals surface area (Å²) in [7, 11) is 3.94. The van der Waals surface area contributed by atoms with E-state index in [1.54, 1.807) is 0 Å². The molecule has 3 aromatic rings. The van der Waals surface area contributed by atoms with Crippen LogP contribution in [0, 0.1) is 12.0 Å². The molecule has 0 N–H and O–H groups in total. The second-order valence-corrected chi connectivity index (χ2v) is 13.3. The molecule has 1 atom stereocenters. The lowest BCUT2D eigenvalue weighted by molar-refractivity contribution is -0.131. The molecule has 0 bridgehead atoms. The number of benzene rings is 2. The number of anilines is 2. The first-order chi connectivity index (χ1) is 22.1. The number of piperazine rings is 1. The molecule has 1 saturated heterocycles. The molecule has 12 heteroatoms. The van der Waals surface area contributed by atoms with Crippen molar-refractivity contribution in [3.8, 4) is 6.01 Å². The maximum absolute atomic E-state index is 14.1. The molecule has 1 aliphatic carbocycles. The topological polar surface area (TPSA) is 69.4 Å². The van der Waals surface area contributed by atoms with Gasteiger partial charge in [-0.1, -0.05) is 42.4 Å². The molecule has 2 fully saturated rings. The van der Waals surface area contributed by atoms with Crippen LogP contribution in [0.3, 0.4) is 0 Å². The molecule has 0 radical (unpaired) electrons. The van der Waals surface area contributed by atoms with Gasteiger partial charge < -0.3 is 29.2 Å². The quantitative estimate of drug-likeness (QED) is 0.230. The Morgan fingerprint density at radius 1 is 1.17 bits per heavy atom. The molecule has 0 unspecified atom stereocenters. The van der Waals surface area contributed by atoms with Gasteiger partial charge in [-0.25, -0.2) is 15.4 Å². The number of fused-ring (bicyclic) bond motifs is 2. The van der Waals surface area contributed by atoms with Crippen LogP contribution in [-0.4, -0.2) is 97.9 Å². The van der Waals surface area contributed by atoms with Crippen LogP contribution in [0.15, 0.2) is 48.8 Å². The van der Waals surface area contributed by atoms with Crippen LogP contribution in [0.2, 0.25) is 5.02 Å². The van der Waals surface area contributed by atoms with Gasteiger partial charge in [-0.3, -0.25) is 4.79 Å². The Kier molecular flexibility index (Phi) is 9.03. The molecule has 6 rings (SSSR count). The van der Waals surface area contributed by atoms with Crippen LogP contribution in [-0.2, 0) is 17.8 Å². The Bertz CT molecular complexity index is 1680. The number of rotatable bonds is 9. The van der Waals surface area contributed by atoms with E-state index in [-0.39, 0.29) is 31.1 Å². The fourth-order valence-corrected chi connectivity index (χ4v) is 7.53. The molecule has 1 amide bonds. The summed E-state index contributed by atoms with van der Waals surface area (Å²) in [5.74, 6) is -1.13. The summed E-state index contributed by atoms with van der Waals surface area (Å²) in [6.45, 7) is 13.8. The van der Waals surface area contributed by atoms with Crippen molar-refractivity contribution < 1.29 is 18.3 Å². The molecule has 3 heterocycles. The van der Waals surface area contributed by atoms with E-state index in [0.717, 1.165) is 27.7 Å². The minimum atomic E-state index is -1.04. The number of alkyl halides is 1. The van der Waals surface area contributed by atoms with E-state index in [4.69, 9.17) is 32.9 Å². The molecule has 46 heavy (non-hydrogen) atoms. The molecule has 3 aliphatic rings. The molecule has 1 saturated carbocycles. The van der Waals surface area contributed by atoms with Crippen molar-refractivity contribution >= 4 is 39.8 Å². The monoisotopic (exact) mass is 649 g/mol. The highest BCUT2D eigenvalue weighted by atomic mass is 35.5. The Labute approximate surface area is 273 Å². The average molecular weight is 650 g/mol. The molecule has 2 aromatic carbocycles. The van der Waals surface area contributed by atoms with Crippen molar-refractivity contribution in [2.75, 3.05) is 69.8 Å². The van der Waals surface area contributed by atoms with Gasteiger partial charge >= 0.3 is 6.01 Å². The van der Waals surface area contributed by atoms with Gasteiger partial charge in [0.1, 0.15) is 18.0 Å². The van der Waals surface area contributed by atoms with Gasteiger partial charge in [0, 0.05) is 54.8 Å². The number of amides is 1. The third-order valence-corrected chi connectivity index (χ3v) is 9.56. The molecule has 9 nitrogen and oxygen atoms in total. The molecule has 1 aromatic heterocycles. The van der Waals surface area contributed by atoms with Gasteiger partial charge in [0.25, 0.3) is 5.91 Å². The van der Waals surface area contributed by atoms with Gasteiger partial charge in [0.05, 0.1) is 23.9 Å². The van der Waals surface area contributed by atoms with Crippen LogP contribution in [0.25, 0.3) is 15.6 Å². The maximum atomic E-state index is 14.1. The lowest BCUT2D eigenvalue weighted by Crippen LogP contribution is -2.57. The third-order valence-electron chi connectivity index (χ3n) is 9.24. The number of aromatic nitrogens is 2. The summed E-state index contributed by atoms with van der Waals surface area (Å²) in [4.78, 5) is 33.6. The Morgan fingerprint density at radius 3 is 2.63 bits per heavy atom. The lowest BCUT2D eigenvalue weighted by atomic mass is 9.67. The standard InChI is InChI=1S/C34H38ClF2N7O2/c1-22(36)32(45)44-14-13-43(18-25(44)17-38-2)31-26-11-12-42(29-10-6-8-23-7-5-9-27(35)30(23)29)19-28(26)39-33(40-31)46-21-34(20-41(3)4)15-24(37)16-34/h5-10,24-25H,1,11-21H2,3-4H3/t24?,25-,34?/m0/s1. The number of nitrogens with zero attached hydrogens (tertiary/aromatic N) is 7. The predicted octanol–water partition coefficient (Wildman–Crippen LogP) is 5.32. The smallest absolute Gasteiger partial charge is 0.318 e. The van der Waals surface area contributed by atoms with E-state index in [1.807, 2.05) is 49.3 Å². The van der Waals surface area contributed by atoms with Gasteiger partial charge in [-0.15, -0.1) is 0 Å².